The molecule has 3 heterocycles. The maximum Gasteiger partial charge on any atom is 0.263 e. The number of aromatic nitrogens is 5. The molecule has 1 unspecified atom stereocenters. The van der Waals surface area contributed by atoms with Crippen molar-refractivity contribution in [1.29, 1.82) is 0 Å². The number of nitrogens with one attached hydrogen (secondary N) is 1. The zero-order chi connectivity index (χ0) is 27.9. The number of thioether (sulfide) groups is 1. The van der Waals surface area contributed by atoms with Gasteiger partial charge in [-0.1, -0.05) is 102 Å². The number of H-pyrrole nitrogens is 1. The Morgan fingerprint density at radius 1 is 0.854 bits per heavy atom. The molecule has 1 atom stereocenters. The number of Topliss-reactive ketones (excluding diaryl/α,β-unsaturated/α-hetero) is 1. The van der Waals surface area contributed by atoms with E-state index in [1.807, 2.05) is 114 Å². The van der Waals surface area contributed by atoms with Gasteiger partial charge in [-0.3, -0.25) is 18.6 Å². The van der Waals surface area contributed by atoms with E-state index in [-0.39, 0.29) is 11.3 Å². The van der Waals surface area contributed by atoms with Gasteiger partial charge in [0.05, 0.1) is 17.4 Å². The van der Waals surface area contributed by atoms with Crippen LogP contribution < -0.4 is 5.56 Å². The minimum atomic E-state index is -0.584. The molecule has 7 rings (SSSR count). The summed E-state index contributed by atoms with van der Waals surface area (Å²) in [5, 5.41) is 10.4. The zero-order valence-electron chi connectivity index (χ0n) is 22.2. The van der Waals surface area contributed by atoms with Gasteiger partial charge < -0.3 is 4.98 Å². The van der Waals surface area contributed by atoms with Gasteiger partial charge in [0, 0.05) is 22.7 Å². The van der Waals surface area contributed by atoms with E-state index in [0.29, 0.717) is 33.9 Å². The summed E-state index contributed by atoms with van der Waals surface area (Å²) in [5.74, 6) is 0.399. The van der Waals surface area contributed by atoms with Crippen LogP contribution in [0.5, 0.6) is 0 Å². The molecule has 0 spiro atoms. The van der Waals surface area contributed by atoms with Crippen molar-refractivity contribution >= 4 is 45.1 Å². The normalized spacial score (nSPS) is 12.3. The van der Waals surface area contributed by atoms with Gasteiger partial charge in [-0.2, -0.15) is 0 Å². The van der Waals surface area contributed by atoms with Crippen LogP contribution >= 0.6 is 11.8 Å². The summed E-state index contributed by atoms with van der Waals surface area (Å²) in [6.45, 7) is 2.39. The smallest absolute Gasteiger partial charge is 0.263 e. The molecule has 0 saturated heterocycles. The molecule has 0 amide bonds. The molecule has 4 aromatic carbocycles. The van der Waals surface area contributed by atoms with Crippen molar-refractivity contribution in [3.05, 3.63) is 142 Å². The first-order valence-electron chi connectivity index (χ1n) is 13.3. The molecule has 0 saturated carbocycles. The molecule has 0 aliphatic heterocycles. The van der Waals surface area contributed by atoms with Crippen molar-refractivity contribution in [3.63, 3.8) is 0 Å². The Morgan fingerprint density at radius 3 is 2.37 bits per heavy atom. The first kappa shape index (κ1) is 25.0. The number of carbonyl (C=O) groups is 1. The molecular formula is C33H25N5O2S. The van der Waals surface area contributed by atoms with Gasteiger partial charge in [-0.05, 0) is 36.2 Å². The SMILES string of the molecule is Cc1ccc(Cn2c(=O)c3ccccc3n3c(SC(C(=O)c4c[nH]c5ccccc45)c4ccccc4)nnc23)cc1. The van der Waals surface area contributed by atoms with Gasteiger partial charge in [-0.15, -0.1) is 10.2 Å². The number of aryl methyl sites for hydroxylation is 1. The second kappa shape index (κ2) is 10.2. The van der Waals surface area contributed by atoms with Crippen molar-refractivity contribution in [1.82, 2.24) is 24.1 Å². The molecule has 0 radical (unpaired) electrons. The van der Waals surface area contributed by atoms with Crippen LogP contribution in [0, 0.1) is 6.92 Å². The van der Waals surface area contributed by atoms with E-state index in [4.69, 9.17) is 0 Å². The highest BCUT2D eigenvalue weighted by Crippen LogP contribution is 2.39. The van der Waals surface area contributed by atoms with E-state index < -0.39 is 5.25 Å². The number of fused-ring (bicyclic) bond motifs is 4. The summed E-state index contributed by atoms with van der Waals surface area (Å²) in [4.78, 5) is 31.1. The standard InChI is InChI=1S/C33H25N5O2S/c1-21-15-17-22(18-16-21)20-37-31(40)25-12-6-8-14-28(25)38-32(37)35-36-33(38)41-30(23-9-3-2-4-10-23)29(39)26-19-34-27-13-7-5-11-24(26)27/h2-19,30,34H,20H2,1H3. The summed E-state index contributed by atoms with van der Waals surface area (Å²) in [7, 11) is 0. The van der Waals surface area contributed by atoms with Gasteiger partial charge in [0.25, 0.3) is 5.56 Å². The maximum atomic E-state index is 14.2. The Morgan fingerprint density at radius 2 is 1.56 bits per heavy atom. The van der Waals surface area contributed by atoms with E-state index >= 15 is 0 Å². The summed E-state index contributed by atoms with van der Waals surface area (Å²) in [5.41, 5.74) is 5.10. The predicted molar refractivity (Wildman–Crippen MR) is 163 cm³/mol. The number of ketones is 1. The van der Waals surface area contributed by atoms with E-state index in [9.17, 15) is 9.59 Å². The lowest BCUT2D eigenvalue weighted by Gasteiger charge is -2.16. The Bertz CT molecular complexity index is 2110. The lowest BCUT2D eigenvalue weighted by Crippen LogP contribution is -2.24. The molecule has 8 heteroatoms. The summed E-state index contributed by atoms with van der Waals surface area (Å²) < 4.78 is 3.55. The van der Waals surface area contributed by atoms with Crippen molar-refractivity contribution in [3.8, 4) is 0 Å². The maximum absolute atomic E-state index is 14.2. The van der Waals surface area contributed by atoms with Crippen LogP contribution in [0.25, 0.3) is 27.6 Å². The highest BCUT2D eigenvalue weighted by Gasteiger charge is 2.28. The van der Waals surface area contributed by atoms with Crippen molar-refractivity contribution in [2.24, 2.45) is 0 Å². The van der Waals surface area contributed by atoms with Crippen molar-refractivity contribution in [2.75, 3.05) is 0 Å². The predicted octanol–water partition coefficient (Wildman–Crippen LogP) is 6.60. The summed E-state index contributed by atoms with van der Waals surface area (Å²) in [6.07, 6.45) is 1.78. The zero-order valence-corrected chi connectivity index (χ0v) is 23.0. The average Bonchev–Trinajstić information content (AvgIpc) is 3.64. The fourth-order valence-corrected chi connectivity index (χ4v) is 6.36. The number of benzene rings is 4. The summed E-state index contributed by atoms with van der Waals surface area (Å²) >= 11 is 1.34. The Kier molecular flexibility index (Phi) is 6.24. The number of carbonyl (C=O) groups excluding carboxylic acids is 1. The molecule has 0 bridgehead atoms. The average molecular weight is 556 g/mol. The van der Waals surface area contributed by atoms with Crippen LogP contribution in [0.2, 0.25) is 0 Å². The van der Waals surface area contributed by atoms with E-state index in [0.717, 1.165) is 27.6 Å². The topological polar surface area (TPSA) is 85.0 Å². The van der Waals surface area contributed by atoms with Gasteiger partial charge in [0.2, 0.25) is 5.78 Å². The largest absolute Gasteiger partial charge is 0.360 e. The third-order valence-electron chi connectivity index (χ3n) is 7.36. The molecule has 41 heavy (non-hydrogen) atoms. The molecule has 7 nitrogen and oxygen atoms in total. The lowest BCUT2D eigenvalue weighted by atomic mass is 10.0. The first-order valence-corrected chi connectivity index (χ1v) is 14.2. The highest BCUT2D eigenvalue weighted by molar-refractivity contribution is 8.00. The van der Waals surface area contributed by atoms with Gasteiger partial charge in [-0.25, -0.2) is 0 Å². The molecule has 0 aliphatic carbocycles. The Hall–Kier alpha value is -4.95. The Balaban J connectivity index is 1.39. The van der Waals surface area contributed by atoms with Crippen LogP contribution in [-0.2, 0) is 6.54 Å². The van der Waals surface area contributed by atoms with Crippen molar-refractivity contribution < 1.29 is 4.79 Å². The van der Waals surface area contributed by atoms with Crippen molar-refractivity contribution in [2.45, 2.75) is 23.9 Å². The third-order valence-corrected chi connectivity index (χ3v) is 8.55. The number of aromatic amines is 1. The number of para-hydroxylation sites is 2. The number of nitrogens with zero attached hydrogens (tertiary/aromatic N) is 4. The molecule has 0 aliphatic rings. The Labute approximate surface area is 239 Å². The fourth-order valence-electron chi connectivity index (χ4n) is 5.25. The third kappa shape index (κ3) is 4.42. The molecule has 1 N–H and O–H groups in total. The second-order valence-electron chi connectivity index (χ2n) is 10.0. The van der Waals surface area contributed by atoms with Crippen LogP contribution in [0.4, 0.5) is 0 Å². The highest BCUT2D eigenvalue weighted by atomic mass is 32.2. The second-order valence-corrected chi connectivity index (χ2v) is 11.1. The van der Waals surface area contributed by atoms with Crippen LogP contribution in [-0.4, -0.2) is 29.9 Å². The quantitative estimate of drug-likeness (QED) is 0.177. The minimum Gasteiger partial charge on any atom is -0.360 e. The lowest BCUT2D eigenvalue weighted by molar-refractivity contribution is 0.0991. The monoisotopic (exact) mass is 555 g/mol. The molecule has 7 aromatic rings. The van der Waals surface area contributed by atoms with E-state index in [1.165, 1.54) is 11.8 Å². The number of rotatable bonds is 7. The first-order chi connectivity index (χ1) is 20.1. The molecule has 0 fully saturated rings. The van der Waals surface area contributed by atoms with Gasteiger partial charge in [0.1, 0.15) is 5.25 Å². The van der Waals surface area contributed by atoms with E-state index in [1.54, 1.807) is 10.8 Å². The van der Waals surface area contributed by atoms with Gasteiger partial charge in [0.15, 0.2) is 10.9 Å². The number of hydrogen-bond acceptors (Lipinski definition) is 5. The fraction of sp³-hybridized carbons (Fsp3) is 0.0909. The van der Waals surface area contributed by atoms with Crippen LogP contribution in [0.1, 0.15) is 32.3 Å². The van der Waals surface area contributed by atoms with Crippen LogP contribution in [0.15, 0.2) is 119 Å². The molecular weight excluding hydrogens is 530 g/mol. The summed E-state index contributed by atoms with van der Waals surface area (Å²) in [6, 6.07) is 33.1. The molecule has 3 aromatic heterocycles. The van der Waals surface area contributed by atoms with Crippen LogP contribution in [0.3, 0.4) is 0 Å². The van der Waals surface area contributed by atoms with Gasteiger partial charge >= 0.3 is 0 Å². The minimum absolute atomic E-state index is 0.0346. The molecule has 200 valence electrons. The number of hydrogen-bond donors (Lipinski definition) is 1. The van der Waals surface area contributed by atoms with E-state index in [2.05, 4.69) is 15.2 Å².